The zero-order valence-electron chi connectivity index (χ0n) is 13.1. The van der Waals surface area contributed by atoms with Crippen LogP contribution >= 0.6 is 0 Å². The molecule has 0 N–H and O–H groups in total. The van der Waals surface area contributed by atoms with Crippen molar-refractivity contribution in [2.24, 2.45) is 0 Å². The van der Waals surface area contributed by atoms with Crippen LogP contribution in [0.5, 0.6) is 0 Å². The summed E-state index contributed by atoms with van der Waals surface area (Å²) in [6.07, 6.45) is 9.41. The van der Waals surface area contributed by atoms with Crippen molar-refractivity contribution in [1.82, 2.24) is 9.80 Å². The molecule has 0 radical (unpaired) electrons. The zero-order chi connectivity index (χ0) is 16.8. The van der Waals surface area contributed by atoms with Gasteiger partial charge in [0.1, 0.15) is 0 Å². The first kappa shape index (κ1) is 14.8. The second kappa shape index (κ2) is 5.40. The quantitative estimate of drug-likeness (QED) is 0.574. The molecule has 0 aromatic carbocycles. The van der Waals surface area contributed by atoms with Crippen LogP contribution in [-0.2, 0) is 19.2 Å². The number of amides is 4. The van der Waals surface area contributed by atoms with Gasteiger partial charge in [-0.1, -0.05) is 24.3 Å². The van der Waals surface area contributed by atoms with Gasteiger partial charge in [-0.25, -0.2) is 0 Å². The maximum atomic E-state index is 12.4. The highest BCUT2D eigenvalue weighted by Crippen LogP contribution is 2.31. The van der Waals surface area contributed by atoms with E-state index in [1.807, 2.05) is 24.3 Å². The number of hydrogen-bond donors (Lipinski definition) is 0. The van der Waals surface area contributed by atoms with Crippen molar-refractivity contribution < 1.29 is 19.2 Å². The number of carbonyl (C=O) groups is 4. The van der Waals surface area contributed by atoms with Crippen LogP contribution in [0.2, 0.25) is 0 Å². The van der Waals surface area contributed by atoms with Crippen LogP contribution in [0.4, 0.5) is 0 Å². The molecule has 0 saturated carbocycles. The molecule has 6 heteroatoms. The molecule has 0 fully saturated rings. The monoisotopic (exact) mass is 324 g/mol. The Morgan fingerprint density at radius 3 is 1.04 bits per heavy atom. The maximum Gasteiger partial charge on any atom is 0.257 e. The summed E-state index contributed by atoms with van der Waals surface area (Å²) in [5, 5.41) is 0. The Balaban J connectivity index is 1.45. The van der Waals surface area contributed by atoms with Crippen molar-refractivity contribution in [2.75, 3.05) is 13.1 Å². The molecule has 2 heterocycles. The largest absolute Gasteiger partial charge is 0.273 e. The Morgan fingerprint density at radius 2 is 0.792 bits per heavy atom. The minimum atomic E-state index is -0.294. The van der Waals surface area contributed by atoms with Crippen molar-refractivity contribution in [3.8, 4) is 0 Å². The van der Waals surface area contributed by atoms with Gasteiger partial charge in [0.2, 0.25) is 0 Å². The fourth-order valence-electron chi connectivity index (χ4n) is 3.61. The summed E-state index contributed by atoms with van der Waals surface area (Å²) >= 11 is 0. The van der Waals surface area contributed by atoms with Crippen LogP contribution in [0.3, 0.4) is 0 Å². The van der Waals surface area contributed by atoms with Crippen molar-refractivity contribution >= 4 is 23.6 Å². The zero-order valence-corrected chi connectivity index (χ0v) is 13.1. The fourth-order valence-corrected chi connectivity index (χ4v) is 3.61. The van der Waals surface area contributed by atoms with Crippen LogP contribution in [0.25, 0.3) is 0 Å². The van der Waals surface area contributed by atoms with Crippen LogP contribution in [0.1, 0.15) is 25.7 Å². The van der Waals surface area contributed by atoms with Crippen molar-refractivity contribution in [3.63, 3.8) is 0 Å². The highest BCUT2D eigenvalue weighted by molar-refractivity contribution is 6.21. The van der Waals surface area contributed by atoms with E-state index < -0.39 is 0 Å². The summed E-state index contributed by atoms with van der Waals surface area (Å²) in [5.41, 5.74) is 2.18. The third-order valence-corrected chi connectivity index (χ3v) is 4.91. The second-order valence-corrected chi connectivity index (χ2v) is 6.20. The van der Waals surface area contributed by atoms with Gasteiger partial charge in [0, 0.05) is 35.4 Å². The molecule has 6 nitrogen and oxygen atoms in total. The lowest BCUT2D eigenvalue weighted by molar-refractivity contribution is -0.143. The standard InChI is InChI=1S/C18H16N2O4/c21-15-11-5-1-2-6-12(11)16(22)19(15)9-10-20-17(23)13-7-3-4-8-14(13)18(20)24/h1-4H,5-10H2. The first-order valence-corrected chi connectivity index (χ1v) is 8.06. The Morgan fingerprint density at radius 1 is 0.542 bits per heavy atom. The van der Waals surface area contributed by atoms with Gasteiger partial charge in [-0.2, -0.15) is 0 Å². The van der Waals surface area contributed by atoms with E-state index in [-0.39, 0.29) is 36.7 Å². The van der Waals surface area contributed by atoms with Crippen LogP contribution < -0.4 is 0 Å². The van der Waals surface area contributed by atoms with Gasteiger partial charge in [0.25, 0.3) is 23.6 Å². The van der Waals surface area contributed by atoms with E-state index in [1.54, 1.807) is 0 Å². The molecular formula is C18H16N2O4. The van der Waals surface area contributed by atoms with Crippen molar-refractivity contribution in [1.29, 1.82) is 0 Å². The second-order valence-electron chi connectivity index (χ2n) is 6.20. The number of rotatable bonds is 3. The van der Waals surface area contributed by atoms with E-state index in [9.17, 15) is 19.2 Å². The molecule has 0 saturated heterocycles. The predicted molar refractivity (Wildman–Crippen MR) is 84.2 cm³/mol. The van der Waals surface area contributed by atoms with Gasteiger partial charge in [-0.15, -0.1) is 0 Å². The minimum Gasteiger partial charge on any atom is -0.273 e. The SMILES string of the molecule is O=C1C2=C(CC=CC2)C(=O)N1CCN1C(=O)C2=C(CC=CC2)C1=O. The Kier molecular flexibility index (Phi) is 3.33. The molecule has 2 aliphatic carbocycles. The van der Waals surface area contributed by atoms with E-state index >= 15 is 0 Å². The molecule has 0 aromatic rings. The van der Waals surface area contributed by atoms with Gasteiger partial charge in [0.15, 0.2) is 0 Å². The molecule has 2 aliphatic heterocycles. The first-order chi connectivity index (χ1) is 11.6. The summed E-state index contributed by atoms with van der Waals surface area (Å²) in [6, 6.07) is 0. The summed E-state index contributed by atoms with van der Waals surface area (Å²) < 4.78 is 0. The Labute approximate surface area is 138 Å². The summed E-state index contributed by atoms with van der Waals surface area (Å²) in [6.45, 7) is 0.103. The first-order valence-electron chi connectivity index (χ1n) is 8.06. The van der Waals surface area contributed by atoms with E-state index in [1.165, 1.54) is 0 Å². The van der Waals surface area contributed by atoms with Gasteiger partial charge in [-0.3, -0.25) is 29.0 Å². The number of allylic oxidation sites excluding steroid dienone is 4. The van der Waals surface area contributed by atoms with Crippen molar-refractivity contribution in [2.45, 2.75) is 25.7 Å². The third kappa shape index (κ3) is 2.02. The molecule has 4 amide bonds. The van der Waals surface area contributed by atoms with Crippen LogP contribution in [0.15, 0.2) is 46.6 Å². The highest BCUT2D eigenvalue weighted by Gasteiger charge is 2.41. The van der Waals surface area contributed by atoms with Gasteiger partial charge < -0.3 is 0 Å². The molecule has 4 aliphatic rings. The molecule has 0 aromatic heterocycles. The molecule has 0 bridgehead atoms. The Bertz CT molecular complexity index is 685. The molecule has 4 rings (SSSR count). The predicted octanol–water partition coefficient (Wildman–Crippen LogP) is 1.02. The van der Waals surface area contributed by atoms with E-state index in [2.05, 4.69) is 0 Å². The van der Waals surface area contributed by atoms with Crippen molar-refractivity contribution in [3.05, 3.63) is 46.6 Å². The van der Waals surface area contributed by atoms with E-state index in [0.29, 0.717) is 48.0 Å². The van der Waals surface area contributed by atoms with Gasteiger partial charge in [0.05, 0.1) is 0 Å². The van der Waals surface area contributed by atoms with Crippen LogP contribution in [0, 0.1) is 0 Å². The van der Waals surface area contributed by atoms with Gasteiger partial charge >= 0.3 is 0 Å². The molecule has 0 atom stereocenters. The number of imide groups is 2. The molecule has 0 spiro atoms. The number of nitrogens with zero attached hydrogens (tertiary/aromatic N) is 2. The Hall–Kier alpha value is -2.76. The third-order valence-electron chi connectivity index (χ3n) is 4.91. The number of carbonyl (C=O) groups excluding carboxylic acids is 4. The molecule has 122 valence electrons. The number of hydrogen-bond acceptors (Lipinski definition) is 4. The minimum absolute atomic E-state index is 0.0517. The lowest BCUT2D eigenvalue weighted by Crippen LogP contribution is -2.42. The highest BCUT2D eigenvalue weighted by atomic mass is 16.2. The average molecular weight is 324 g/mol. The topological polar surface area (TPSA) is 74.8 Å². The molecule has 0 unspecified atom stereocenters. The van der Waals surface area contributed by atoms with Gasteiger partial charge in [-0.05, 0) is 25.7 Å². The lowest BCUT2D eigenvalue weighted by Gasteiger charge is -2.20. The maximum absolute atomic E-state index is 12.4. The lowest BCUT2D eigenvalue weighted by atomic mass is 9.99. The van der Waals surface area contributed by atoms with Crippen LogP contribution in [-0.4, -0.2) is 46.5 Å². The summed E-state index contributed by atoms with van der Waals surface area (Å²) in [7, 11) is 0. The molecular weight excluding hydrogens is 308 g/mol. The molecule has 24 heavy (non-hydrogen) atoms. The fraction of sp³-hybridized carbons (Fsp3) is 0.333. The average Bonchev–Trinajstić information content (AvgIpc) is 3.00. The summed E-state index contributed by atoms with van der Waals surface area (Å²) in [4.78, 5) is 51.8. The smallest absolute Gasteiger partial charge is 0.257 e. The van der Waals surface area contributed by atoms with E-state index in [0.717, 1.165) is 9.80 Å². The summed E-state index contributed by atoms with van der Waals surface area (Å²) in [5.74, 6) is -1.17. The normalized spacial score (nSPS) is 23.0. The van der Waals surface area contributed by atoms with E-state index in [4.69, 9.17) is 0 Å².